The van der Waals surface area contributed by atoms with E-state index in [1.165, 1.54) is 16.4 Å². The van der Waals surface area contributed by atoms with Gasteiger partial charge in [-0.25, -0.2) is 8.42 Å². The van der Waals surface area contributed by atoms with Crippen LogP contribution >= 0.6 is 0 Å². The molecule has 0 heterocycles. The summed E-state index contributed by atoms with van der Waals surface area (Å²) in [5.41, 5.74) is 0.414. The Morgan fingerprint density at radius 1 is 1.26 bits per heavy atom. The number of hydrogen-bond acceptors (Lipinski definition) is 4. The smallest absolute Gasteiger partial charge is 0.243 e. The zero-order valence-corrected chi connectivity index (χ0v) is 14.6. The number of nitrogens with one attached hydrogen (secondary N) is 1. The van der Waals surface area contributed by atoms with E-state index in [0.29, 0.717) is 31.1 Å². The molecule has 1 aromatic rings. The van der Waals surface area contributed by atoms with E-state index in [9.17, 15) is 13.2 Å². The first-order chi connectivity index (χ1) is 10.9. The van der Waals surface area contributed by atoms with E-state index in [2.05, 4.69) is 5.32 Å². The van der Waals surface area contributed by atoms with Crippen molar-refractivity contribution in [2.45, 2.75) is 38.5 Å². The number of sulfonamides is 1. The second-order valence-electron chi connectivity index (χ2n) is 5.44. The largest absolute Gasteiger partial charge is 0.492 e. The fourth-order valence-electron chi connectivity index (χ4n) is 2.34. The summed E-state index contributed by atoms with van der Waals surface area (Å²) in [4.78, 5) is 12.2. The van der Waals surface area contributed by atoms with Crippen molar-refractivity contribution < 1.29 is 17.9 Å². The summed E-state index contributed by atoms with van der Waals surface area (Å²) >= 11 is 0. The number of carbonyl (C=O) groups excluding carboxylic acids is 1. The number of anilines is 1. The van der Waals surface area contributed by atoms with Crippen LogP contribution in [0.4, 0.5) is 5.69 Å². The van der Waals surface area contributed by atoms with Crippen LogP contribution in [0.15, 0.2) is 23.1 Å². The minimum absolute atomic E-state index is 0.0347. The molecule has 1 aliphatic carbocycles. The third kappa shape index (κ3) is 4.03. The molecule has 1 saturated carbocycles. The third-order valence-electron chi connectivity index (χ3n) is 3.80. The van der Waals surface area contributed by atoms with Crippen LogP contribution in [0.2, 0.25) is 0 Å². The van der Waals surface area contributed by atoms with Gasteiger partial charge in [0.1, 0.15) is 5.75 Å². The van der Waals surface area contributed by atoms with E-state index in [4.69, 9.17) is 4.74 Å². The Hall–Kier alpha value is -1.60. The quantitative estimate of drug-likeness (QED) is 0.789. The SMILES string of the molecule is CCOc1ccc(S(=O)(=O)N(CC)CC)cc1NC(=O)C1CC1. The Bertz CT molecular complexity index is 665. The van der Waals surface area contributed by atoms with Gasteiger partial charge in [-0.3, -0.25) is 4.79 Å². The normalized spacial score (nSPS) is 14.8. The second kappa shape index (κ2) is 7.31. The lowest BCUT2D eigenvalue weighted by Gasteiger charge is -2.20. The van der Waals surface area contributed by atoms with Crippen LogP contribution in [0.1, 0.15) is 33.6 Å². The van der Waals surface area contributed by atoms with E-state index in [1.807, 2.05) is 6.92 Å². The zero-order valence-electron chi connectivity index (χ0n) is 13.8. The van der Waals surface area contributed by atoms with E-state index < -0.39 is 10.0 Å². The van der Waals surface area contributed by atoms with E-state index >= 15 is 0 Å². The van der Waals surface area contributed by atoms with Crippen molar-refractivity contribution in [3.8, 4) is 5.75 Å². The highest BCUT2D eigenvalue weighted by molar-refractivity contribution is 7.89. The summed E-state index contributed by atoms with van der Waals surface area (Å²) in [5.74, 6) is 0.441. The maximum Gasteiger partial charge on any atom is 0.243 e. The molecule has 1 amide bonds. The monoisotopic (exact) mass is 340 g/mol. The molecule has 0 radical (unpaired) electrons. The second-order valence-corrected chi connectivity index (χ2v) is 7.38. The van der Waals surface area contributed by atoms with Gasteiger partial charge in [-0.05, 0) is 38.0 Å². The van der Waals surface area contributed by atoms with Gasteiger partial charge in [-0.1, -0.05) is 13.8 Å². The molecule has 1 aromatic carbocycles. The average Bonchev–Trinajstić information content (AvgIpc) is 3.34. The molecule has 0 aliphatic heterocycles. The van der Waals surface area contributed by atoms with Crippen molar-refractivity contribution in [3.05, 3.63) is 18.2 Å². The van der Waals surface area contributed by atoms with Crippen LogP contribution in [-0.4, -0.2) is 38.3 Å². The van der Waals surface area contributed by atoms with Gasteiger partial charge in [0.2, 0.25) is 15.9 Å². The van der Waals surface area contributed by atoms with Crippen LogP contribution < -0.4 is 10.1 Å². The van der Waals surface area contributed by atoms with Gasteiger partial charge in [0.25, 0.3) is 0 Å². The van der Waals surface area contributed by atoms with Crippen LogP contribution in [0.3, 0.4) is 0 Å². The van der Waals surface area contributed by atoms with Gasteiger partial charge in [0.15, 0.2) is 0 Å². The van der Waals surface area contributed by atoms with Gasteiger partial charge in [-0.15, -0.1) is 0 Å². The molecule has 0 spiro atoms. The van der Waals surface area contributed by atoms with Gasteiger partial charge in [0, 0.05) is 19.0 Å². The van der Waals surface area contributed by atoms with E-state index in [-0.39, 0.29) is 16.7 Å². The average molecular weight is 340 g/mol. The molecule has 128 valence electrons. The molecule has 23 heavy (non-hydrogen) atoms. The van der Waals surface area contributed by atoms with Crippen molar-refractivity contribution in [2.75, 3.05) is 25.0 Å². The predicted molar refractivity (Wildman–Crippen MR) is 89.1 cm³/mol. The Morgan fingerprint density at radius 3 is 2.43 bits per heavy atom. The van der Waals surface area contributed by atoms with Crippen molar-refractivity contribution in [1.29, 1.82) is 0 Å². The molecule has 0 aromatic heterocycles. The van der Waals surface area contributed by atoms with Crippen molar-refractivity contribution in [1.82, 2.24) is 4.31 Å². The Labute approximate surface area is 137 Å². The van der Waals surface area contributed by atoms with Gasteiger partial charge < -0.3 is 10.1 Å². The molecule has 7 heteroatoms. The Balaban J connectivity index is 2.36. The number of nitrogens with zero attached hydrogens (tertiary/aromatic N) is 1. The first-order valence-electron chi connectivity index (χ1n) is 8.01. The van der Waals surface area contributed by atoms with Gasteiger partial charge in [0.05, 0.1) is 17.2 Å². The lowest BCUT2D eigenvalue weighted by Crippen LogP contribution is -2.30. The summed E-state index contributed by atoms with van der Waals surface area (Å²) in [6.45, 7) is 6.67. The molecule has 0 unspecified atom stereocenters. The topological polar surface area (TPSA) is 75.7 Å². The lowest BCUT2D eigenvalue weighted by atomic mass is 10.2. The molecule has 1 aliphatic rings. The van der Waals surface area contributed by atoms with Crippen LogP contribution in [0.25, 0.3) is 0 Å². The van der Waals surface area contributed by atoms with Crippen molar-refractivity contribution in [3.63, 3.8) is 0 Å². The molecule has 0 atom stereocenters. The van der Waals surface area contributed by atoms with Gasteiger partial charge >= 0.3 is 0 Å². The maximum atomic E-state index is 12.6. The Kier molecular flexibility index (Phi) is 5.64. The van der Waals surface area contributed by atoms with E-state index in [0.717, 1.165) is 12.8 Å². The predicted octanol–water partition coefficient (Wildman–Crippen LogP) is 2.46. The lowest BCUT2D eigenvalue weighted by molar-refractivity contribution is -0.117. The van der Waals surface area contributed by atoms with Crippen LogP contribution in [-0.2, 0) is 14.8 Å². The van der Waals surface area contributed by atoms with E-state index in [1.54, 1.807) is 19.9 Å². The van der Waals surface area contributed by atoms with Crippen LogP contribution in [0.5, 0.6) is 5.75 Å². The number of benzene rings is 1. The summed E-state index contributed by atoms with van der Waals surface area (Å²) in [7, 11) is -3.57. The highest BCUT2D eigenvalue weighted by Crippen LogP contribution is 2.34. The molecule has 1 fully saturated rings. The number of ether oxygens (including phenoxy) is 1. The molecule has 1 N–H and O–H groups in total. The minimum Gasteiger partial charge on any atom is -0.492 e. The molecule has 2 rings (SSSR count). The minimum atomic E-state index is -3.57. The first kappa shape index (κ1) is 17.7. The standard InChI is InChI=1S/C16H24N2O4S/c1-4-18(5-2)23(20,21)13-9-10-15(22-6-3)14(11-13)17-16(19)12-7-8-12/h9-12H,4-8H2,1-3H3,(H,17,19). The highest BCUT2D eigenvalue weighted by atomic mass is 32.2. The molecule has 0 bridgehead atoms. The zero-order chi connectivity index (χ0) is 17.0. The molecule has 0 saturated heterocycles. The number of carbonyl (C=O) groups is 1. The number of amides is 1. The summed E-state index contributed by atoms with van der Waals surface area (Å²) < 4.78 is 32.1. The summed E-state index contributed by atoms with van der Waals surface area (Å²) in [6, 6.07) is 4.60. The molecular weight excluding hydrogens is 316 g/mol. The van der Waals surface area contributed by atoms with Gasteiger partial charge in [-0.2, -0.15) is 4.31 Å². The summed E-state index contributed by atoms with van der Waals surface area (Å²) in [6.07, 6.45) is 1.76. The number of rotatable bonds is 8. The fraction of sp³-hybridized carbons (Fsp3) is 0.562. The van der Waals surface area contributed by atoms with Crippen molar-refractivity contribution >= 4 is 21.6 Å². The molecular formula is C16H24N2O4S. The highest BCUT2D eigenvalue weighted by Gasteiger charge is 2.30. The van der Waals surface area contributed by atoms with Crippen LogP contribution in [0, 0.1) is 5.92 Å². The van der Waals surface area contributed by atoms with Crippen molar-refractivity contribution in [2.24, 2.45) is 5.92 Å². The number of hydrogen-bond donors (Lipinski definition) is 1. The Morgan fingerprint density at radius 2 is 1.91 bits per heavy atom. The fourth-order valence-corrected chi connectivity index (χ4v) is 3.83. The maximum absolute atomic E-state index is 12.6. The first-order valence-corrected chi connectivity index (χ1v) is 9.45. The third-order valence-corrected chi connectivity index (χ3v) is 5.85. The molecule has 6 nitrogen and oxygen atoms in total. The summed E-state index contributed by atoms with van der Waals surface area (Å²) in [5, 5.41) is 2.80.